The molecule has 3 heteroatoms. The highest BCUT2D eigenvalue weighted by Gasteiger charge is 2.31. The van der Waals surface area contributed by atoms with Gasteiger partial charge in [0.2, 0.25) is 0 Å². The van der Waals surface area contributed by atoms with Crippen molar-refractivity contribution in [3.8, 4) is 0 Å². The summed E-state index contributed by atoms with van der Waals surface area (Å²) in [6.45, 7) is 3.13. The van der Waals surface area contributed by atoms with Crippen LogP contribution in [-0.2, 0) is 4.84 Å². The predicted octanol–water partition coefficient (Wildman–Crippen LogP) is 1.39. The first-order valence-corrected chi connectivity index (χ1v) is 5.10. The number of hydrogen-bond donors (Lipinski definition) is 1. The molecule has 0 aliphatic heterocycles. The van der Waals surface area contributed by atoms with Gasteiger partial charge in [0.05, 0.1) is 7.11 Å². The Bertz CT molecular complexity index is 163. The van der Waals surface area contributed by atoms with Gasteiger partial charge in [-0.25, -0.2) is 0 Å². The molecule has 0 aromatic carbocycles. The summed E-state index contributed by atoms with van der Waals surface area (Å²) in [5.74, 6) is 0.768. The molecule has 2 unspecified atom stereocenters. The van der Waals surface area contributed by atoms with Crippen LogP contribution in [0, 0.1) is 5.92 Å². The zero-order valence-corrected chi connectivity index (χ0v) is 9.05. The molecule has 0 bridgehead atoms. The summed E-state index contributed by atoms with van der Waals surface area (Å²) in [7, 11) is 3.63. The van der Waals surface area contributed by atoms with Crippen LogP contribution >= 0.6 is 0 Å². The largest absolute Gasteiger partial charge is 0.324 e. The van der Waals surface area contributed by atoms with Crippen molar-refractivity contribution in [2.24, 2.45) is 11.7 Å². The molecular formula is C10H22N2O. The second-order valence-electron chi connectivity index (χ2n) is 4.53. The zero-order chi connectivity index (χ0) is 9.90. The van der Waals surface area contributed by atoms with E-state index in [-0.39, 0.29) is 5.54 Å². The maximum atomic E-state index is 6.30. The Morgan fingerprint density at radius 3 is 2.85 bits per heavy atom. The van der Waals surface area contributed by atoms with Gasteiger partial charge in [0.1, 0.15) is 0 Å². The van der Waals surface area contributed by atoms with E-state index in [1.54, 1.807) is 7.11 Å². The van der Waals surface area contributed by atoms with Crippen molar-refractivity contribution >= 4 is 0 Å². The maximum absolute atomic E-state index is 6.30. The van der Waals surface area contributed by atoms with Crippen LogP contribution in [0.4, 0.5) is 0 Å². The van der Waals surface area contributed by atoms with Gasteiger partial charge >= 0.3 is 0 Å². The van der Waals surface area contributed by atoms with E-state index >= 15 is 0 Å². The van der Waals surface area contributed by atoms with Crippen molar-refractivity contribution in [3.05, 3.63) is 0 Å². The fourth-order valence-electron chi connectivity index (χ4n) is 2.35. The summed E-state index contributed by atoms with van der Waals surface area (Å²) in [4.78, 5) is 5.11. The second-order valence-corrected chi connectivity index (χ2v) is 4.53. The molecular weight excluding hydrogens is 164 g/mol. The number of hydroxylamine groups is 2. The number of hydrogen-bond acceptors (Lipinski definition) is 3. The minimum Gasteiger partial charge on any atom is -0.324 e. The van der Waals surface area contributed by atoms with Gasteiger partial charge in [-0.05, 0) is 18.8 Å². The van der Waals surface area contributed by atoms with Crippen LogP contribution in [0.2, 0.25) is 0 Å². The molecule has 13 heavy (non-hydrogen) atoms. The minimum atomic E-state index is -0.0254. The third-order valence-electron chi connectivity index (χ3n) is 2.98. The Morgan fingerprint density at radius 2 is 2.31 bits per heavy atom. The number of nitrogens with zero attached hydrogens (tertiary/aromatic N) is 1. The number of rotatable bonds is 3. The Kier molecular flexibility index (Phi) is 3.71. The fraction of sp³-hybridized carbons (Fsp3) is 1.00. The molecule has 0 aromatic rings. The van der Waals surface area contributed by atoms with E-state index in [1.165, 1.54) is 12.8 Å². The first-order valence-electron chi connectivity index (χ1n) is 5.10. The minimum absolute atomic E-state index is 0.0254. The van der Waals surface area contributed by atoms with Crippen molar-refractivity contribution < 1.29 is 4.84 Å². The SMILES string of the molecule is CON(C)CC1(N)CCCC(C)C1. The number of nitrogens with two attached hydrogens (primary N) is 1. The molecule has 3 nitrogen and oxygen atoms in total. The van der Waals surface area contributed by atoms with Crippen LogP contribution in [-0.4, -0.2) is 31.3 Å². The summed E-state index contributed by atoms with van der Waals surface area (Å²) >= 11 is 0. The summed E-state index contributed by atoms with van der Waals surface area (Å²) in [5.41, 5.74) is 6.28. The van der Waals surface area contributed by atoms with E-state index in [4.69, 9.17) is 10.6 Å². The predicted molar refractivity (Wildman–Crippen MR) is 54.2 cm³/mol. The van der Waals surface area contributed by atoms with Crippen LogP contribution < -0.4 is 5.73 Å². The average Bonchev–Trinajstić information content (AvgIpc) is 2.02. The monoisotopic (exact) mass is 186 g/mol. The summed E-state index contributed by atoms with van der Waals surface area (Å²) in [6, 6.07) is 0. The van der Waals surface area contributed by atoms with Gasteiger partial charge in [0, 0.05) is 19.1 Å². The van der Waals surface area contributed by atoms with Crippen molar-refractivity contribution in [3.63, 3.8) is 0 Å². The van der Waals surface area contributed by atoms with Gasteiger partial charge in [0.15, 0.2) is 0 Å². The van der Waals surface area contributed by atoms with Gasteiger partial charge in [-0.1, -0.05) is 19.8 Å². The molecule has 0 aromatic heterocycles. The normalized spacial score (nSPS) is 35.3. The Balaban J connectivity index is 2.44. The molecule has 1 aliphatic rings. The van der Waals surface area contributed by atoms with Crippen molar-refractivity contribution in [2.75, 3.05) is 20.7 Å². The lowest BCUT2D eigenvalue weighted by atomic mass is 9.77. The van der Waals surface area contributed by atoms with Gasteiger partial charge in [0.25, 0.3) is 0 Å². The molecule has 78 valence electrons. The summed E-state index contributed by atoms with van der Waals surface area (Å²) < 4.78 is 0. The molecule has 0 heterocycles. The van der Waals surface area contributed by atoms with E-state index in [9.17, 15) is 0 Å². The van der Waals surface area contributed by atoms with Gasteiger partial charge in [-0.3, -0.25) is 0 Å². The Labute approximate surface area is 81.2 Å². The average molecular weight is 186 g/mol. The van der Waals surface area contributed by atoms with Crippen molar-refractivity contribution in [1.29, 1.82) is 0 Å². The molecule has 1 fully saturated rings. The van der Waals surface area contributed by atoms with E-state index in [0.717, 1.165) is 25.3 Å². The van der Waals surface area contributed by atoms with Gasteiger partial charge in [-0.2, -0.15) is 5.06 Å². The lowest BCUT2D eigenvalue weighted by Gasteiger charge is -2.38. The van der Waals surface area contributed by atoms with Crippen LogP contribution in [0.3, 0.4) is 0 Å². The van der Waals surface area contributed by atoms with E-state index < -0.39 is 0 Å². The molecule has 1 saturated carbocycles. The fourth-order valence-corrected chi connectivity index (χ4v) is 2.35. The first kappa shape index (κ1) is 11.0. The second kappa shape index (κ2) is 4.40. The highest BCUT2D eigenvalue weighted by molar-refractivity contribution is 4.90. The molecule has 2 atom stereocenters. The maximum Gasteiger partial charge on any atom is 0.0575 e. The van der Waals surface area contributed by atoms with Gasteiger partial charge < -0.3 is 10.6 Å². The summed E-state index contributed by atoms with van der Waals surface area (Å²) in [5, 5.41) is 1.83. The number of likely N-dealkylation sites (N-methyl/N-ethyl adjacent to an activating group) is 1. The van der Waals surface area contributed by atoms with E-state index in [2.05, 4.69) is 6.92 Å². The molecule has 2 N–H and O–H groups in total. The third-order valence-corrected chi connectivity index (χ3v) is 2.98. The molecule has 0 spiro atoms. The van der Waals surface area contributed by atoms with Crippen LogP contribution in [0.25, 0.3) is 0 Å². The van der Waals surface area contributed by atoms with Crippen LogP contribution in [0.1, 0.15) is 32.6 Å². The molecule has 0 amide bonds. The van der Waals surface area contributed by atoms with Crippen molar-refractivity contribution in [1.82, 2.24) is 5.06 Å². The first-order chi connectivity index (χ1) is 6.06. The topological polar surface area (TPSA) is 38.5 Å². The smallest absolute Gasteiger partial charge is 0.0575 e. The highest BCUT2D eigenvalue weighted by atomic mass is 16.7. The lowest BCUT2D eigenvalue weighted by molar-refractivity contribution is -0.124. The quantitative estimate of drug-likeness (QED) is 0.677. The standard InChI is InChI=1S/C10H22N2O/c1-9-5-4-6-10(11,7-9)8-12(2)13-3/h9H,4-8,11H2,1-3H3. The van der Waals surface area contributed by atoms with E-state index in [0.29, 0.717) is 0 Å². The van der Waals surface area contributed by atoms with Crippen LogP contribution in [0.5, 0.6) is 0 Å². The molecule has 1 rings (SSSR count). The molecule has 0 radical (unpaired) electrons. The molecule has 0 saturated heterocycles. The third kappa shape index (κ3) is 3.25. The van der Waals surface area contributed by atoms with Gasteiger partial charge in [-0.15, -0.1) is 0 Å². The Hall–Kier alpha value is -0.120. The summed E-state index contributed by atoms with van der Waals surface area (Å²) in [6.07, 6.45) is 4.84. The Morgan fingerprint density at radius 1 is 1.62 bits per heavy atom. The lowest BCUT2D eigenvalue weighted by Crippen LogP contribution is -2.51. The highest BCUT2D eigenvalue weighted by Crippen LogP contribution is 2.30. The zero-order valence-electron chi connectivity index (χ0n) is 9.05. The van der Waals surface area contributed by atoms with Crippen molar-refractivity contribution in [2.45, 2.75) is 38.1 Å². The molecule has 1 aliphatic carbocycles. The van der Waals surface area contributed by atoms with Crippen LogP contribution in [0.15, 0.2) is 0 Å². The van der Waals surface area contributed by atoms with E-state index in [1.807, 2.05) is 12.1 Å².